The molecule has 1 atom stereocenters. The Labute approximate surface area is 228 Å². The van der Waals surface area contributed by atoms with Gasteiger partial charge in [-0.1, -0.05) is 41.4 Å². The topological polar surface area (TPSA) is 95.2 Å². The number of rotatable bonds is 8. The van der Waals surface area contributed by atoms with Crippen molar-refractivity contribution in [1.82, 2.24) is 14.6 Å². The van der Waals surface area contributed by atoms with Crippen LogP contribution in [0, 0.1) is 0 Å². The number of fused-ring (bicyclic) bond motifs is 1. The quantitative estimate of drug-likeness (QED) is 0.359. The highest BCUT2D eigenvalue weighted by Gasteiger charge is 2.20. The number of carbonyl (C=O) groups excluding carboxylic acids is 1. The normalized spacial score (nSPS) is 14.8. The summed E-state index contributed by atoms with van der Waals surface area (Å²) in [6.45, 7) is 5.85. The van der Waals surface area contributed by atoms with Crippen molar-refractivity contribution >= 4 is 50.6 Å². The minimum Gasteiger partial charge on any atom is -0.493 e. The summed E-state index contributed by atoms with van der Waals surface area (Å²) in [5.74, 6) is 1.000. The molecular formula is C26H28BrClN4O5. The lowest BCUT2D eigenvalue weighted by Crippen LogP contribution is -2.43. The summed E-state index contributed by atoms with van der Waals surface area (Å²) in [6.07, 6.45) is 2.24. The summed E-state index contributed by atoms with van der Waals surface area (Å²) >= 11 is 9.75. The largest absolute Gasteiger partial charge is 0.493 e. The molecule has 0 spiro atoms. The van der Waals surface area contributed by atoms with Gasteiger partial charge in [-0.25, -0.2) is 4.98 Å². The molecule has 37 heavy (non-hydrogen) atoms. The Morgan fingerprint density at radius 2 is 2.05 bits per heavy atom. The van der Waals surface area contributed by atoms with E-state index in [0.29, 0.717) is 65.1 Å². The summed E-state index contributed by atoms with van der Waals surface area (Å²) in [4.78, 5) is 32.5. The van der Waals surface area contributed by atoms with Gasteiger partial charge in [0.1, 0.15) is 5.82 Å². The second-order valence-electron chi connectivity index (χ2n) is 8.61. The number of ether oxygens (including phenoxy) is 3. The number of hydrogen-bond acceptors (Lipinski definition) is 7. The van der Waals surface area contributed by atoms with Gasteiger partial charge in [0.05, 0.1) is 37.4 Å². The molecule has 0 aliphatic carbocycles. The van der Waals surface area contributed by atoms with Gasteiger partial charge in [0.2, 0.25) is 0 Å². The van der Waals surface area contributed by atoms with Gasteiger partial charge in [-0.3, -0.25) is 9.59 Å². The van der Waals surface area contributed by atoms with Gasteiger partial charge in [-0.05, 0) is 30.7 Å². The van der Waals surface area contributed by atoms with Crippen LogP contribution in [0.5, 0.6) is 11.5 Å². The molecule has 2 heterocycles. The monoisotopic (exact) mass is 590 g/mol. The number of halogens is 2. The van der Waals surface area contributed by atoms with Crippen LogP contribution in [0.1, 0.15) is 37.6 Å². The van der Waals surface area contributed by atoms with Crippen molar-refractivity contribution in [2.45, 2.75) is 26.2 Å². The number of hydrogen-bond donors (Lipinski definition) is 0. The summed E-state index contributed by atoms with van der Waals surface area (Å²) in [5, 5.41) is 5.34. The number of nitrogens with zero attached hydrogens (tertiary/aromatic N) is 4. The van der Waals surface area contributed by atoms with Crippen LogP contribution >= 0.6 is 27.5 Å². The van der Waals surface area contributed by atoms with Crippen molar-refractivity contribution in [3.63, 3.8) is 0 Å². The number of benzene rings is 2. The molecule has 1 saturated heterocycles. The van der Waals surface area contributed by atoms with Gasteiger partial charge in [0, 0.05) is 40.1 Å². The zero-order valence-corrected chi connectivity index (χ0v) is 23.2. The van der Waals surface area contributed by atoms with Crippen molar-refractivity contribution in [2.24, 2.45) is 5.10 Å². The number of carbonyl (C=O) groups is 1. The molecule has 196 valence electrons. The van der Waals surface area contributed by atoms with E-state index in [1.807, 2.05) is 19.9 Å². The van der Waals surface area contributed by atoms with Crippen molar-refractivity contribution < 1.29 is 19.0 Å². The van der Waals surface area contributed by atoms with Crippen LogP contribution in [0.15, 0.2) is 44.7 Å². The van der Waals surface area contributed by atoms with Gasteiger partial charge in [0.15, 0.2) is 18.1 Å². The van der Waals surface area contributed by atoms with Gasteiger partial charge >= 0.3 is 0 Å². The highest BCUT2D eigenvalue weighted by Crippen LogP contribution is 2.34. The fourth-order valence-corrected chi connectivity index (χ4v) is 4.51. The number of methoxy groups -OCH3 is 1. The standard InChI is InChI=1S/C26H28BrClN4O5/c1-4-16(2)25-30-21-6-5-18(27)12-20(21)26(34)32(25)29-14-17-11-19(28)13-22(35-3)24(17)37-15-23(33)31-7-9-36-10-8-31/h5-6,11-14,16H,4,7-10,15H2,1-3H3/t16-/m0/s1. The van der Waals surface area contributed by atoms with Crippen LogP contribution < -0.4 is 15.0 Å². The Morgan fingerprint density at radius 3 is 2.76 bits per heavy atom. The molecule has 3 aromatic rings. The van der Waals surface area contributed by atoms with E-state index in [4.69, 9.17) is 30.8 Å². The van der Waals surface area contributed by atoms with Crippen molar-refractivity contribution in [2.75, 3.05) is 40.0 Å². The maximum Gasteiger partial charge on any atom is 0.282 e. The molecule has 1 fully saturated rings. The van der Waals surface area contributed by atoms with Gasteiger partial charge in [0.25, 0.3) is 11.5 Å². The second kappa shape index (κ2) is 12.1. The highest BCUT2D eigenvalue weighted by atomic mass is 79.9. The first-order valence-corrected chi connectivity index (χ1v) is 13.1. The first-order chi connectivity index (χ1) is 17.8. The lowest BCUT2D eigenvalue weighted by molar-refractivity contribution is -0.137. The Hall–Kier alpha value is -2.95. The number of amides is 1. The van der Waals surface area contributed by atoms with Crippen LogP contribution in [0.4, 0.5) is 0 Å². The van der Waals surface area contributed by atoms with Crippen molar-refractivity contribution in [1.29, 1.82) is 0 Å². The lowest BCUT2D eigenvalue weighted by atomic mass is 10.1. The van der Waals surface area contributed by atoms with E-state index < -0.39 is 0 Å². The van der Waals surface area contributed by atoms with Crippen LogP contribution in [0.2, 0.25) is 5.02 Å². The summed E-state index contributed by atoms with van der Waals surface area (Å²) in [7, 11) is 1.49. The van der Waals surface area contributed by atoms with E-state index in [1.165, 1.54) is 18.0 Å². The third-order valence-corrected chi connectivity index (χ3v) is 6.88. The predicted octanol–water partition coefficient (Wildman–Crippen LogP) is 4.45. The minimum atomic E-state index is -0.295. The molecule has 1 aliphatic rings. The molecule has 11 heteroatoms. The van der Waals surface area contributed by atoms with Gasteiger partial charge in [-0.2, -0.15) is 9.78 Å². The first kappa shape index (κ1) is 27.1. The van der Waals surface area contributed by atoms with Crippen molar-refractivity contribution in [3.05, 3.63) is 61.6 Å². The Balaban J connectivity index is 1.74. The van der Waals surface area contributed by atoms with Crippen LogP contribution in [0.25, 0.3) is 10.9 Å². The molecule has 1 amide bonds. The van der Waals surface area contributed by atoms with E-state index in [9.17, 15) is 9.59 Å². The Morgan fingerprint density at radius 1 is 1.30 bits per heavy atom. The maximum absolute atomic E-state index is 13.5. The molecule has 1 aliphatic heterocycles. The maximum atomic E-state index is 13.5. The molecule has 0 unspecified atom stereocenters. The van der Waals surface area contributed by atoms with E-state index in [-0.39, 0.29) is 24.0 Å². The molecule has 2 aromatic carbocycles. The van der Waals surface area contributed by atoms with Gasteiger partial charge < -0.3 is 19.1 Å². The molecule has 0 radical (unpaired) electrons. The fourth-order valence-electron chi connectivity index (χ4n) is 3.93. The van der Waals surface area contributed by atoms with Crippen LogP contribution in [-0.2, 0) is 9.53 Å². The predicted molar refractivity (Wildman–Crippen MR) is 146 cm³/mol. The van der Waals surface area contributed by atoms with Crippen LogP contribution in [0.3, 0.4) is 0 Å². The van der Waals surface area contributed by atoms with Crippen molar-refractivity contribution in [3.8, 4) is 11.5 Å². The third-order valence-electron chi connectivity index (χ3n) is 6.17. The molecule has 1 aromatic heterocycles. The molecule has 4 rings (SSSR count). The van der Waals surface area contributed by atoms with E-state index in [1.54, 1.807) is 29.2 Å². The van der Waals surface area contributed by atoms with E-state index >= 15 is 0 Å². The zero-order valence-electron chi connectivity index (χ0n) is 20.9. The van der Waals surface area contributed by atoms with Crippen LogP contribution in [-0.4, -0.2) is 66.7 Å². The first-order valence-electron chi connectivity index (χ1n) is 11.9. The molecule has 0 saturated carbocycles. The van der Waals surface area contributed by atoms with Gasteiger partial charge in [-0.15, -0.1) is 0 Å². The average molecular weight is 592 g/mol. The average Bonchev–Trinajstić information content (AvgIpc) is 2.91. The van der Waals surface area contributed by atoms with E-state index in [0.717, 1.165) is 10.9 Å². The van der Waals surface area contributed by atoms with E-state index in [2.05, 4.69) is 21.0 Å². The Bertz CT molecular complexity index is 1390. The highest BCUT2D eigenvalue weighted by molar-refractivity contribution is 9.10. The molecule has 0 N–H and O–H groups in total. The lowest BCUT2D eigenvalue weighted by Gasteiger charge is -2.27. The third kappa shape index (κ3) is 6.14. The summed E-state index contributed by atoms with van der Waals surface area (Å²) < 4.78 is 18.8. The smallest absolute Gasteiger partial charge is 0.282 e. The SMILES string of the molecule is CC[C@H](C)c1nc2ccc(Br)cc2c(=O)n1N=Cc1cc(Cl)cc(OC)c1OCC(=O)N1CCOCC1. The Kier molecular flexibility index (Phi) is 8.83. The summed E-state index contributed by atoms with van der Waals surface area (Å²) in [6, 6.07) is 8.62. The molecule has 0 bridgehead atoms. The second-order valence-corrected chi connectivity index (χ2v) is 9.96. The minimum absolute atomic E-state index is 0.0198. The summed E-state index contributed by atoms with van der Waals surface area (Å²) in [5.41, 5.74) is 0.761. The number of morpholine rings is 1. The fraction of sp³-hybridized carbons (Fsp3) is 0.385. The molecular weight excluding hydrogens is 564 g/mol. The number of aromatic nitrogens is 2. The zero-order chi connectivity index (χ0) is 26.5. The molecule has 9 nitrogen and oxygen atoms in total.